The molecule has 0 bridgehead atoms. The number of anilines is 1. The number of aromatic amines is 1. The molecule has 0 atom stereocenters. The molecule has 1 fully saturated rings. The van der Waals surface area contributed by atoms with Crippen LogP contribution in [0.1, 0.15) is 39.2 Å². The van der Waals surface area contributed by atoms with E-state index in [-0.39, 0.29) is 11.6 Å². The van der Waals surface area contributed by atoms with E-state index in [0.29, 0.717) is 17.2 Å². The first-order valence-electron chi connectivity index (χ1n) is 10.5. The summed E-state index contributed by atoms with van der Waals surface area (Å²) in [4.78, 5) is 27.2. The minimum absolute atomic E-state index is 0.0425. The van der Waals surface area contributed by atoms with Crippen LogP contribution in [0.2, 0.25) is 0 Å². The molecule has 0 unspecified atom stereocenters. The van der Waals surface area contributed by atoms with Gasteiger partial charge in [-0.3, -0.25) is 9.36 Å². The summed E-state index contributed by atoms with van der Waals surface area (Å²) in [5, 5.41) is 4.84. The molecule has 1 aromatic carbocycles. The molecule has 154 valence electrons. The zero-order valence-electron chi connectivity index (χ0n) is 17.2. The van der Waals surface area contributed by atoms with Crippen LogP contribution in [0.4, 0.5) is 5.69 Å². The van der Waals surface area contributed by atoms with Crippen LogP contribution < -0.4 is 10.5 Å². The minimum atomic E-state index is -0.152. The van der Waals surface area contributed by atoms with Crippen LogP contribution in [0.25, 0.3) is 28.4 Å². The highest BCUT2D eigenvalue weighted by Gasteiger charge is 2.20. The second-order valence-electron chi connectivity index (χ2n) is 8.03. The maximum absolute atomic E-state index is 13.3. The molecule has 4 aromatic rings. The quantitative estimate of drug-likeness (QED) is 0.564. The van der Waals surface area contributed by atoms with E-state index in [1.807, 2.05) is 13.8 Å². The van der Waals surface area contributed by atoms with E-state index in [1.165, 1.54) is 24.9 Å². The summed E-state index contributed by atoms with van der Waals surface area (Å²) in [5.41, 5.74) is 3.76. The van der Waals surface area contributed by atoms with Crippen molar-refractivity contribution in [2.45, 2.75) is 39.2 Å². The lowest BCUT2D eigenvalue weighted by Crippen LogP contribution is -2.29. The van der Waals surface area contributed by atoms with E-state index in [4.69, 9.17) is 5.10 Å². The van der Waals surface area contributed by atoms with Gasteiger partial charge < -0.3 is 9.88 Å². The number of hydrogen-bond donors (Lipinski definition) is 1. The molecular weight excluding hydrogens is 378 g/mol. The molecule has 0 radical (unpaired) electrons. The lowest BCUT2D eigenvalue weighted by atomic mass is 10.1. The third kappa shape index (κ3) is 3.08. The Bertz CT molecular complexity index is 1210. The topological polar surface area (TPSA) is 84.1 Å². The van der Waals surface area contributed by atoms with Gasteiger partial charge in [-0.25, -0.2) is 14.5 Å². The molecule has 0 saturated carbocycles. The number of piperidine rings is 1. The molecule has 1 N–H and O–H groups in total. The van der Waals surface area contributed by atoms with Crippen molar-refractivity contribution in [3.8, 4) is 22.8 Å². The summed E-state index contributed by atoms with van der Waals surface area (Å²) >= 11 is 0. The second-order valence-corrected chi connectivity index (χ2v) is 8.03. The molecule has 8 nitrogen and oxygen atoms in total. The summed E-state index contributed by atoms with van der Waals surface area (Å²) in [6, 6.07) is 8.34. The fourth-order valence-electron chi connectivity index (χ4n) is 4.17. The van der Waals surface area contributed by atoms with Gasteiger partial charge in [0.1, 0.15) is 5.69 Å². The summed E-state index contributed by atoms with van der Waals surface area (Å²) in [6.07, 6.45) is 8.75. The summed E-state index contributed by atoms with van der Waals surface area (Å²) in [6.45, 7) is 6.18. The average molecular weight is 403 g/mol. The van der Waals surface area contributed by atoms with Crippen LogP contribution in [0.15, 0.2) is 47.8 Å². The molecular formula is C22H25N7O. The summed E-state index contributed by atoms with van der Waals surface area (Å²) in [5.74, 6) is 0.631. The van der Waals surface area contributed by atoms with Gasteiger partial charge in [0.25, 0.3) is 5.56 Å². The maximum Gasteiger partial charge on any atom is 0.297 e. The Labute approximate surface area is 174 Å². The van der Waals surface area contributed by atoms with E-state index in [2.05, 4.69) is 44.1 Å². The van der Waals surface area contributed by atoms with Gasteiger partial charge in [0.15, 0.2) is 5.82 Å². The number of nitrogens with one attached hydrogen (secondary N) is 1. The molecule has 0 spiro atoms. The molecule has 1 aliphatic rings. The maximum atomic E-state index is 13.3. The van der Waals surface area contributed by atoms with Crippen molar-refractivity contribution in [2.24, 2.45) is 0 Å². The standard InChI is InChI=1S/C22H25N7O/c1-15(2)28-20(16-6-8-17(9-7-16)27-10-4-3-5-11-27)26-29-19(18-12-23-14-25-18)13-24-21(29)22(28)30/h6-9,12-15H,3-5,10-11H2,1-2H3,(H,23,25). The Morgan fingerprint density at radius 2 is 1.80 bits per heavy atom. The van der Waals surface area contributed by atoms with Crippen LogP contribution in [0.5, 0.6) is 0 Å². The normalized spacial score (nSPS) is 14.7. The largest absolute Gasteiger partial charge is 0.372 e. The number of hydrogen-bond acceptors (Lipinski definition) is 5. The van der Waals surface area contributed by atoms with Gasteiger partial charge in [-0.1, -0.05) is 0 Å². The van der Waals surface area contributed by atoms with Crippen molar-refractivity contribution < 1.29 is 0 Å². The van der Waals surface area contributed by atoms with Crippen molar-refractivity contribution >= 4 is 11.3 Å². The van der Waals surface area contributed by atoms with Gasteiger partial charge in [0, 0.05) is 30.4 Å². The number of fused-ring (bicyclic) bond motifs is 1. The van der Waals surface area contributed by atoms with E-state index >= 15 is 0 Å². The highest BCUT2D eigenvalue weighted by atomic mass is 16.1. The zero-order valence-corrected chi connectivity index (χ0v) is 17.2. The summed E-state index contributed by atoms with van der Waals surface area (Å²) < 4.78 is 3.33. The van der Waals surface area contributed by atoms with Crippen molar-refractivity contribution in [1.29, 1.82) is 0 Å². The molecule has 1 saturated heterocycles. The lowest BCUT2D eigenvalue weighted by Gasteiger charge is -2.29. The Hall–Kier alpha value is -3.42. The van der Waals surface area contributed by atoms with Crippen molar-refractivity contribution in [2.75, 3.05) is 18.0 Å². The molecule has 1 aliphatic heterocycles. The zero-order chi connectivity index (χ0) is 20.7. The highest BCUT2D eigenvalue weighted by Crippen LogP contribution is 2.26. The predicted octanol–water partition coefficient (Wildman–Crippen LogP) is 3.52. The van der Waals surface area contributed by atoms with Crippen molar-refractivity contribution in [3.05, 3.63) is 53.3 Å². The Morgan fingerprint density at radius 3 is 2.47 bits per heavy atom. The molecule has 5 rings (SSSR count). The first kappa shape index (κ1) is 18.6. The van der Waals surface area contributed by atoms with Crippen LogP contribution in [0.3, 0.4) is 0 Å². The van der Waals surface area contributed by atoms with Gasteiger partial charge in [-0.15, -0.1) is 5.10 Å². The van der Waals surface area contributed by atoms with Gasteiger partial charge >= 0.3 is 0 Å². The first-order valence-corrected chi connectivity index (χ1v) is 10.5. The number of H-pyrrole nitrogens is 1. The van der Waals surface area contributed by atoms with Crippen LogP contribution in [-0.2, 0) is 0 Å². The Balaban J connectivity index is 1.64. The van der Waals surface area contributed by atoms with E-state index in [1.54, 1.807) is 27.8 Å². The average Bonchev–Trinajstić information content (AvgIpc) is 3.44. The second kappa shape index (κ2) is 7.44. The van der Waals surface area contributed by atoms with Crippen LogP contribution >= 0.6 is 0 Å². The lowest BCUT2D eigenvalue weighted by molar-refractivity contribution is 0.566. The van der Waals surface area contributed by atoms with Crippen LogP contribution in [-0.4, -0.2) is 42.2 Å². The van der Waals surface area contributed by atoms with Gasteiger partial charge in [0.2, 0.25) is 5.65 Å². The first-order chi connectivity index (χ1) is 14.6. The fraction of sp³-hybridized carbons (Fsp3) is 0.364. The van der Waals surface area contributed by atoms with E-state index < -0.39 is 0 Å². The Morgan fingerprint density at radius 1 is 1.03 bits per heavy atom. The third-order valence-corrected chi connectivity index (χ3v) is 5.71. The Kier molecular flexibility index (Phi) is 4.61. The minimum Gasteiger partial charge on any atom is -0.372 e. The number of rotatable bonds is 4. The van der Waals surface area contributed by atoms with E-state index in [0.717, 1.165) is 24.3 Å². The summed E-state index contributed by atoms with van der Waals surface area (Å²) in [7, 11) is 0. The van der Waals surface area contributed by atoms with Gasteiger partial charge in [0.05, 0.1) is 24.4 Å². The number of imidazole rings is 2. The van der Waals surface area contributed by atoms with E-state index in [9.17, 15) is 4.79 Å². The molecule has 0 amide bonds. The van der Waals surface area contributed by atoms with Crippen LogP contribution in [0, 0.1) is 0 Å². The molecule has 0 aliphatic carbocycles. The SMILES string of the molecule is CC(C)n1c(-c2ccc(N3CCCCC3)cc2)nn2c(-c3cnc[nH]3)cnc2c1=O. The van der Waals surface area contributed by atoms with Gasteiger partial charge in [-0.05, 0) is 57.4 Å². The molecule has 30 heavy (non-hydrogen) atoms. The van der Waals surface area contributed by atoms with Gasteiger partial charge in [-0.2, -0.15) is 0 Å². The smallest absolute Gasteiger partial charge is 0.297 e. The predicted molar refractivity (Wildman–Crippen MR) is 117 cm³/mol. The molecule has 3 aromatic heterocycles. The fourth-order valence-corrected chi connectivity index (χ4v) is 4.17. The third-order valence-electron chi connectivity index (χ3n) is 5.71. The van der Waals surface area contributed by atoms with Crippen molar-refractivity contribution in [3.63, 3.8) is 0 Å². The van der Waals surface area contributed by atoms with Crippen molar-refractivity contribution in [1.82, 2.24) is 29.1 Å². The monoisotopic (exact) mass is 403 g/mol. The number of nitrogens with zero attached hydrogens (tertiary/aromatic N) is 6. The molecule has 8 heteroatoms. The highest BCUT2D eigenvalue weighted by molar-refractivity contribution is 5.63. The number of benzene rings is 1. The molecule has 4 heterocycles. The number of aromatic nitrogens is 6.